The highest BCUT2D eigenvalue weighted by molar-refractivity contribution is 7.92. The molecular formula is C27H46O4SSi. The Kier molecular flexibility index (Phi) is 6.68. The topological polar surface area (TPSA) is 63.6 Å². The average Bonchev–Trinajstić information content (AvgIpc) is 3.15. The Bertz CT molecular complexity index is 940. The fraction of sp³-hybridized carbons (Fsp3) is 0.852. The predicted octanol–water partition coefficient (Wildman–Crippen LogP) is 6.18. The van der Waals surface area contributed by atoms with Gasteiger partial charge >= 0.3 is 0 Å². The van der Waals surface area contributed by atoms with Crippen molar-refractivity contribution in [2.75, 3.05) is 5.75 Å². The highest BCUT2D eigenvalue weighted by Gasteiger charge is 2.51. The van der Waals surface area contributed by atoms with E-state index in [1.807, 2.05) is 6.92 Å². The summed E-state index contributed by atoms with van der Waals surface area (Å²) in [4.78, 5) is 0. The van der Waals surface area contributed by atoms with Gasteiger partial charge in [0.25, 0.3) is 0 Å². The minimum absolute atomic E-state index is 0.0956. The number of hydrogen-bond acceptors (Lipinski definition) is 4. The van der Waals surface area contributed by atoms with Crippen molar-refractivity contribution in [1.29, 1.82) is 0 Å². The van der Waals surface area contributed by atoms with Gasteiger partial charge in [0.15, 0.2) is 18.2 Å². The van der Waals surface area contributed by atoms with E-state index in [1.54, 1.807) is 0 Å². The molecule has 2 fully saturated rings. The summed E-state index contributed by atoms with van der Waals surface area (Å²) in [5.41, 5.74) is 3.76. The predicted molar refractivity (Wildman–Crippen MR) is 138 cm³/mol. The Labute approximate surface area is 203 Å². The fourth-order valence-corrected chi connectivity index (χ4v) is 10.6. The van der Waals surface area contributed by atoms with Crippen LogP contribution >= 0.6 is 0 Å². The van der Waals surface area contributed by atoms with E-state index >= 15 is 0 Å². The van der Waals surface area contributed by atoms with E-state index in [0.717, 1.165) is 56.9 Å². The maximum absolute atomic E-state index is 13.3. The first-order valence-corrected chi connectivity index (χ1v) is 17.8. The van der Waals surface area contributed by atoms with Gasteiger partial charge in [0.05, 0.1) is 11.9 Å². The van der Waals surface area contributed by atoms with Crippen molar-refractivity contribution in [2.45, 2.75) is 122 Å². The summed E-state index contributed by atoms with van der Waals surface area (Å²) in [7, 11) is -5.08. The van der Waals surface area contributed by atoms with Crippen LogP contribution in [0, 0.1) is 17.3 Å². The smallest absolute Gasteiger partial charge is 0.192 e. The first-order valence-electron chi connectivity index (χ1n) is 13.1. The molecule has 1 N–H and O–H groups in total. The van der Waals surface area contributed by atoms with Crippen molar-refractivity contribution in [3.8, 4) is 0 Å². The second-order valence-electron chi connectivity index (χ2n) is 13.2. The van der Waals surface area contributed by atoms with Gasteiger partial charge in [-0.25, -0.2) is 8.42 Å². The summed E-state index contributed by atoms with van der Waals surface area (Å²) in [6.45, 7) is 15.7. The molecule has 0 spiro atoms. The van der Waals surface area contributed by atoms with Crippen LogP contribution in [-0.2, 0) is 14.3 Å². The Balaban J connectivity index is 1.60. The van der Waals surface area contributed by atoms with E-state index in [-0.39, 0.29) is 28.4 Å². The molecule has 0 aromatic heterocycles. The van der Waals surface area contributed by atoms with Gasteiger partial charge in [-0.2, -0.15) is 0 Å². The van der Waals surface area contributed by atoms with Gasteiger partial charge in [0.1, 0.15) is 5.25 Å². The fourth-order valence-electron chi connectivity index (χ4n) is 7.18. The first-order chi connectivity index (χ1) is 15.2. The minimum atomic E-state index is -3.19. The Morgan fingerprint density at radius 2 is 1.88 bits per heavy atom. The number of hydrogen-bond donors (Lipinski definition) is 1. The number of fused-ring (bicyclic) bond motifs is 1. The zero-order chi connectivity index (χ0) is 24.4. The van der Waals surface area contributed by atoms with Gasteiger partial charge in [0, 0.05) is 6.10 Å². The normalized spacial score (nSPS) is 39.0. The van der Waals surface area contributed by atoms with E-state index in [9.17, 15) is 13.5 Å². The maximum Gasteiger partial charge on any atom is 0.192 e. The lowest BCUT2D eigenvalue weighted by atomic mass is 9.62. The molecule has 2 saturated carbocycles. The molecule has 188 valence electrons. The zero-order valence-electron chi connectivity index (χ0n) is 21.9. The molecule has 0 aromatic carbocycles. The summed E-state index contributed by atoms with van der Waals surface area (Å²) >= 11 is 0. The molecular weight excluding hydrogens is 448 g/mol. The second-order valence-corrected chi connectivity index (χ2v) is 20.1. The van der Waals surface area contributed by atoms with Crippen LogP contribution in [0.3, 0.4) is 0 Å². The van der Waals surface area contributed by atoms with Crippen molar-refractivity contribution < 1.29 is 18.0 Å². The van der Waals surface area contributed by atoms with E-state index in [1.165, 1.54) is 11.1 Å². The molecule has 0 radical (unpaired) electrons. The molecule has 0 amide bonds. The molecule has 1 aliphatic heterocycles. The zero-order valence-corrected chi connectivity index (χ0v) is 23.7. The summed E-state index contributed by atoms with van der Waals surface area (Å²) in [5, 5.41) is 10.1. The number of sulfone groups is 1. The van der Waals surface area contributed by atoms with Crippen LogP contribution in [0.2, 0.25) is 18.1 Å². The van der Waals surface area contributed by atoms with Gasteiger partial charge in [-0.15, -0.1) is 0 Å². The van der Waals surface area contributed by atoms with Crippen molar-refractivity contribution in [2.24, 2.45) is 17.3 Å². The highest BCUT2D eigenvalue weighted by atomic mass is 32.2. The first kappa shape index (κ1) is 25.7. The van der Waals surface area contributed by atoms with Gasteiger partial charge < -0.3 is 9.53 Å². The summed E-state index contributed by atoms with van der Waals surface area (Å²) < 4.78 is 33.4. The van der Waals surface area contributed by atoms with Crippen LogP contribution in [-0.4, -0.2) is 45.1 Å². The number of aliphatic hydroxyl groups is 1. The van der Waals surface area contributed by atoms with Gasteiger partial charge in [0.2, 0.25) is 0 Å². The molecule has 2 unspecified atom stereocenters. The van der Waals surface area contributed by atoms with Gasteiger partial charge in [-0.3, -0.25) is 0 Å². The van der Waals surface area contributed by atoms with E-state index in [4.69, 9.17) is 4.43 Å². The van der Waals surface area contributed by atoms with Gasteiger partial charge in [-0.05, 0) is 99.2 Å². The lowest BCUT2D eigenvalue weighted by Crippen LogP contribution is -2.44. The largest absolute Gasteiger partial charge is 0.414 e. The van der Waals surface area contributed by atoms with Crippen LogP contribution in [0.4, 0.5) is 0 Å². The lowest BCUT2D eigenvalue weighted by Gasteiger charge is -2.43. The van der Waals surface area contributed by atoms with Crippen LogP contribution in [0.5, 0.6) is 0 Å². The second kappa shape index (κ2) is 8.60. The van der Waals surface area contributed by atoms with Crippen LogP contribution in [0.15, 0.2) is 22.8 Å². The molecule has 4 aliphatic rings. The minimum Gasteiger partial charge on any atom is -0.414 e. The van der Waals surface area contributed by atoms with Crippen LogP contribution in [0.25, 0.3) is 0 Å². The third kappa shape index (κ3) is 4.59. The molecule has 1 heterocycles. The third-order valence-corrected chi connectivity index (χ3v) is 16.5. The van der Waals surface area contributed by atoms with E-state index in [2.05, 4.69) is 46.9 Å². The molecule has 0 bridgehead atoms. The monoisotopic (exact) mass is 494 g/mol. The molecule has 4 rings (SSSR count). The van der Waals surface area contributed by atoms with E-state index < -0.39 is 23.4 Å². The van der Waals surface area contributed by atoms with Crippen molar-refractivity contribution in [1.82, 2.24) is 0 Å². The SMILES string of the molecule is C[C@H](O)[C@H]1CC[C@H]2C(=CC3C4=C(CCC(O[Si](C)(C)C(C)(C)C)C4)CS3(=O)=O)CCC[C@]12C. The molecule has 6 atom stereocenters. The Hall–Kier alpha value is -0.433. The number of aliphatic hydroxyl groups excluding tert-OH is 1. The number of rotatable bonds is 4. The third-order valence-electron chi connectivity index (χ3n) is 10.0. The molecule has 4 nitrogen and oxygen atoms in total. The summed E-state index contributed by atoms with van der Waals surface area (Å²) in [6, 6.07) is 0. The molecule has 0 saturated heterocycles. The standard InChI is InChI=1S/C27H46O4SSi/c1-18(28)23-12-13-24-19(9-8-14-27(23,24)5)15-25-22-16-21(31-33(6,7)26(2,3)4)11-10-20(22)17-32(25,29)30/h15,18,21,23-25,28H,8-14,16-17H2,1-7H3/t18-,21?,23+,24-,25?,27+/m0/s1. The highest BCUT2D eigenvalue weighted by Crippen LogP contribution is 2.58. The summed E-state index contributed by atoms with van der Waals surface area (Å²) in [5.74, 6) is 0.966. The Morgan fingerprint density at radius 1 is 1.18 bits per heavy atom. The van der Waals surface area contributed by atoms with Crippen molar-refractivity contribution in [3.05, 3.63) is 22.8 Å². The van der Waals surface area contributed by atoms with Crippen molar-refractivity contribution in [3.63, 3.8) is 0 Å². The Morgan fingerprint density at radius 3 is 2.52 bits per heavy atom. The van der Waals surface area contributed by atoms with E-state index in [0.29, 0.717) is 11.8 Å². The van der Waals surface area contributed by atoms with Crippen molar-refractivity contribution >= 4 is 18.2 Å². The van der Waals surface area contributed by atoms with Crippen LogP contribution in [0.1, 0.15) is 86.0 Å². The molecule has 33 heavy (non-hydrogen) atoms. The summed E-state index contributed by atoms with van der Waals surface area (Å²) in [6.07, 6.45) is 9.95. The molecule has 6 heteroatoms. The molecule has 3 aliphatic carbocycles. The maximum atomic E-state index is 13.3. The number of allylic oxidation sites excluding steroid dienone is 1. The van der Waals surface area contributed by atoms with Crippen LogP contribution < -0.4 is 0 Å². The average molecular weight is 495 g/mol. The quantitative estimate of drug-likeness (QED) is 0.374. The lowest BCUT2D eigenvalue weighted by molar-refractivity contribution is 0.0301. The van der Waals surface area contributed by atoms with Gasteiger partial charge in [-0.1, -0.05) is 44.9 Å². The molecule has 0 aromatic rings.